The summed E-state index contributed by atoms with van der Waals surface area (Å²) >= 11 is 5.86. The van der Waals surface area contributed by atoms with E-state index in [0.717, 1.165) is 6.26 Å². The van der Waals surface area contributed by atoms with Crippen LogP contribution >= 0.6 is 11.6 Å². The summed E-state index contributed by atoms with van der Waals surface area (Å²) in [5, 5.41) is -0.752. The third kappa shape index (κ3) is 3.02. The maximum atomic E-state index is 12.5. The molecule has 0 radical (unpaired) electrons. The number of carbonyl (C=O) groups excluding carboxylic acids is 2. The summed E-state index contributed by atoms with van der Waals surface area (Å²) in [4.78, 5) is 25.1. The normalized spacial score (nSPS) is 21.8. The van der Waals surface area contributed by atoms with Gasteiger partial charge in [-0.2, -0.15) is 0 Å². The monoisotopic (exact) mass is 374 g/mol. The molecule has 0 aliphatic heterocycles. The molecule has 0 saturated heterocycles. The lowest BCUT2D eigenvalue weighted by molar-refractivity contribution is -0.164. The average molecular weight is 375 g/mol. The molecule has 1 aromatic carbocycles. The van der Waals surface area contributed by atoms with Crippen LogP contribution in [0.3, 0.4) is 0 Å². The highest BCUT2D eigenvalue weighted by Gasteiger charge is 2.80. The van der Waals surface area contributed by atoms with Crippen LogP contribution in [-0.4, -0.2) is 45.1 Å². The van der Waals surface area contributed by atoms with E-state index >= 15 is 0 Å². The van der Waals surface area contributed by atoms with Crippen LogP contribution in [0, 0.1) is 5.41 Å². The first-order chi connectivity index (χ1) is 11.2. The van der Waals surface area contributed by atoms with Gasteiger partial charge in [0.2, 0.25) is 0 Å². The first-order valence-corrected chi connectivity index (χ1v) is 9.83. The second kappa shape index (κ2) is 6.72. The number of ether oxygens (including phenoxy) is 2. The number of hydrogen-bond acceptors (Lipinski definition) is 6. The van der Waals surface area contributed by atoms with Crippen molar-refractivity contribution in [3.63, 3.8) is 0 Å². The van der Waals surface area contributed by atoms with Crippen molar-refractivity contribution < 1.29 is 27.5 Å². The van der Waals surface area contributed by atoms with Crippen molar-refractivity contribution >= 4 is 33.4 Å². The van der Waals surface area contributed by atoms with Gasteiger partial charge in [0.05, 0.1) is 18.5 Å². The van der Waals surface area contributed by atoms with Gasteiger partial charge in [0.15, 0.2) is 15.3 Å². The van der Waals surface area contributed by atoms with E-state index in [0.29, 0.717) is 10.6 Å². The van der Waals surface area contributed by atoms with Gasteiger partial charge in [-0.15, -0.1) is 0 Å². The van der Waals surface area contributed by atoms with Crippen LogP contribution in [0.2, 0.25) is 5.02 Å². The van der Waals surface area contributed by atoms with Crippen LogP contribution in [0.15, 0.2) is 24.3 Å². The van der Waals surface area contributed by atoms with Gasteiger partial charge >= 0.3 is 11.9 Å². The molecule has 1 aliphatic rings. The molecule has 1 aromatic rings. The first-order valence-electron chi connectivity index (χ1n) is 7.50. The van der Waals surface area contributed by atoms with Crippen molar-refractivity contribution in [1.82, 2.24) is 0 Å². The van der Waals surface area contributed by atoms with E-state index < -0.39 is 38.4 Å². The number of sulfone groups is 1. The molecular weight excluding hydrogens is 356 g/mol. The largest absolute Gasteiger partial charge is 0.465 e. The molecule has 0 bridgehead atoms. The number of halogens is 1. The van der Waals surface area contributed by atoms with Gasteiger partial charge in [0.25, 0.3) is 0 Å². The van der Waals surface area contributed by atoms with Crippen molar-refractivity contribution in [2.75, 3.05) is 19.5 Å². The van der Waals surface area contributed by atoms with E-state index in [1.165, 1.54) is 0 Å². The lowest BCUT2D eigenvalue weighted by Gasteiger charge is -2.15. The minimum Gasteiger partial charge on any atom is -0.465 e. The summed E-state index contributed by atoms with van der Waals surface area (Å²) < 4.78 is 34.5. The Kier molecular flexibility index (Phi) is 5.25. The Hall–Kier alpha value is -1.60. The average Bonchev–Trinajstić information content (AvgIpc) is 3.20. The highest BCUT2D eigenvalue weighted by atomic mass is 35.5. The van der Waals surface area contributed by atoms with Crippen molar-refractivity contribution in [1.29, 1.82) is 0 Å². The molecule has 2 atom stereocenters. The number of carbonyl (C=O) groups is 2. The Morgan fingerprint density at radius 1 is 1.08 bits per heavy atom. The van der Waals surface area contributed by atoms with Gasteiger partial charge in [0.1, 0.15) is 0 Å². The minimum atomic E-state index is -3.71. The highest BCUT2D eigenvalue weighted by molar-refractivity contribution is 7.91. The Morgan fingerprint density at radius 3 is 1.92 bits per heavy atom. The predicted octanol–water partition coefficient (Wildman–Crippen LogP) is 1.96. The molecule has 24 heavy (non-hydrogen) atoms. The first kappa shape index (κ1) is 18.7. The number of benzene rings is 1. The van der Waals surface area contributed by atoms with E-state index in [2.05, 4.69) is 0 Å². The second-order valence-electron chi connectivity index (χ2n) is 5.59. The highest BCUT2D eigenvalue weighted by Crippen LogP contribution is 2.64. The molecule has 1 saturated carbocycles. The fourth-order valence-corrected chi connectivity index (χ4v) is 5.05. The smallest absolute Gasteiger partial charge is 0.325 e. The van der Waals surface area contributed by atoms with Crippen molar-refractivity contribution in [2.24, 2.45) is 5.41 Å². The Bertz CT molecular complexity index is 722. The molecule has 0 N–H and O–H groups in total. The predicted molar refractivity (Wildman–Crippen MR) is 88.5 cm³/mol. The number of esters is 2. The lowest BCUT2D eigenvalue weighted by Crippen LogP contribution is -2.35. The molecule has 8 heteroatoms. The van der Waals surface area contributed by atoms with E-state index in [9.17, 15) is 18.0 Å². The molecule has 0 spiro atoms. The molecule has 0 heterocycles. The number of hydrogen-bond donors (Lipinski definition) is 0. The molecule has 132 valence electrons. The molecular formula is C16H19ClO6S. The zero-order valence-electron chi connectivity index (χ0n) is 13.6. The zero-order chi connectivity index (χ0) is 18.1. The second-order valence-corrected chi connectivity index (χ2v) is 8.19. The van der Waals surface area contributed by atoms with Gasteiger partial charge in [-0.05, 0) is 31.5 Å². The Labute approximate surface area is 146 Å². The summed E-state index contributed by atoms with van der Waals surface area (Å²) in [5.74, 6) is -2.61. The molecule has 1 fully saturated rings. The molecule has 1 aliphatic carbocycles. The maximum Gasteiger partial charge on any atom is 0.325 e. The van der Waals surface area contributed by atoms with Crippen molar-refractivity contribution in [3.8, 4) is 0 Å². The molecule has 0 unspecified atom stereocenters. The third-order valence-corrected chi connectivity index (χ3v) is 5.87. The van der Waals surface area contributed by atoms with Crippen LogP contribution < -0.4 is 0 Å². The Morgan fingerprint density at radius 2 is 1.54 bits per heavy atom. The van der Waals surface area contributed by atoms with Crippen LogP contribution in [-0.2, 0) is 28.9 Å². The van der Waals surface area contributed by atoms with Gasteiger partial charge in [0, 0.05) is 17.2 Å². The molecule has 6 nitrogen and oxygen atoms in total. The molecule has 0 amide bonds. The molecule has 0 aromatic heterocycles. The van der Waals surface area contributed by atoms with E-state index in [1.54, 1.807) is 38.1 Å². The van der Waals surface area contributed by atoms with E-state index in [-0.39, 0.29) is 13.2 Å². The Balaban J connectivity index is 2.58. The standard InChI is InChI=1S/C16H19ClO6S/c1-4-22-14(18)16(15(19)23-5-2)12(13(16)24(3,20)21)10-6-8-11(17)9-7-10/h6-9,12-13H,4-5H2,1-3H3/t12-,13-/m0/s1. The SMILES string of the molecule is CCOC(=O)C1(C(=O)OCC)[C@@H](c2ccc(Cl)cc2)[C@@H]1S(C)(=O)=O. The van der Waals surface area contributed by atoms with E-state index in [4.69, 9.17) is 21.1 Å². The van der Waals surface area contributed by atoms with E-state index in [1.807, 2.05) is 0 Å². The summed E-state index contributed by atoms with van der Waals surface area (Å²) in [5.41, 5.74) is -1.34. The van der Waals surface area contributed by atoms with Gasteiger partial charge in [-0.1, -0.05) is 23.7 Å². The summed E-state index contributed by atoms with van der Waals surface area (Å²) in [6, 6.07) is 6.36. The molecule has 2 rings (SSSR count). The summed E-state index contributed by atoms with van der Waals surface area (Å²) in [7, 11) is -3.71. The minimum absolute atomic E-state index is 0.0316. The van der Waals surface area contributed by atoms with Crippen LogP contribution in [0.4, 0.5) is 0 Å². The maximum absolute atomic E-state index is 12.5. The lowest BCUT2D eigenvalue weighted by atomic mass is 9.99. The van der Waals surface area contributed by atoms with Crippen molar-refractivity contribution in [2.45, 2.75) is 25.0 Å². The fraction of sp³-hybridized carbons (Fsp3) is 0.500. The fourth-order valence-electron chi connectivity index (χ4n) is 3.12. The van der Waals surface area contributed by atoms with Gasteiger partial charge in [-0.3, -0.25) is 9.59 Å². The summed E-state index contributed by atoms with van der Waals surface area (Å²) in [6.07, 6.45) is 1.00. The third-order valence-electron chi connectivity index (χ3n) is 4.05. The van der Waals surface area contributed by atoms with Gasteiger partial charge in [-0.25, -0.2) is 8.42 Å². The quantitative estimate of drug-likeness (QED) is 0.558. The summed E-state index contributed by atoms with van der Waals surface area (Å²) in [6.45, 7) is 3.24. The van der Waals surface area contributed by atoms with Crippen LogP contribution in [0.25, 0.3) is 0 Å². The van der Waals surface area contributed by atoms with Crippen LogP contribution in [0.1, 0.15) is 25.3 Å². The van der Waals surface area contributed by atoms with Crippen LogP contribution in [0.5, 0.6) is 0 Å². The topological polar surface area (TPSA) is 86.7 Å². The number of rotatable bonds is 6. The van der Waals surface area contributed by atoms with Crippen molar-refractivity contribution in [3.05, 3.63) is 34.9 Å². The van der Waals surface area contributed by atoms with Gasteiger partial charge < -0.3 is 9.47 Å². The zero-order valence-corrected chi connectivity index (χ0v) is 15.2.